The molecule has 298 valence electrons. The second-order valence-electron chi connectivity index (χ2n) is 16.4. The Kier molecular flexibility index (Phi) is 9.33. The number of carbonyl (C=O) groups is 2. The van der Waals surface area contributed by atoms with Crippen LogP contribution in [0.5, 0.6) is 11.5 Å². The quantitative estimate of drug-likeness (QED) is 0.227. The predicted octanol–water partition coefficient (Wildman–Crippen LogP) is 4.34. The average molecular weight is 775 g/mol. The van der Waals surface area contributed by atoms with Gasteiger partial charge in [0.2, 0.25) is 11.8 Å². The molecule has 0 aliphatic carbocycles. The van der Waals surface area contributed by atoms with Crippen molar-refractivity contribution < 1.29 is 19.1 Å². The lowest BCUT2D eigenvalue weighted by Gasteiger charge is -2.47. The number of aryl methyl sites for hydroxylation is 2. The molecule has 4 fully saturated rings. The zero-order valence-electron chi connectivity index (χ0n) is 33.2. The van der Waals surface area contributed by atoms with Crippen LogP contribution >= 0.6 is 0 Å². The maximum atomic E-state index is 13.3. The third kappa shape index (κ3) is 6.43. The van der Waals surface area contributed by atoms with Gasteiger partial charge in [-0.2, -0.15) is 0 Å². The Morgan fingerprint density at radius 1 is 0.825 bits per heavy atom. The van der Waals surface area contributed by atoms with Gasteiger partial charge >= 0.3 is 5.69 Å². The minimum atomic E-state index is -0.693. The number of methoxy groups -OCH3 is 2. The molecule has 7 heterocycles. The molecule has 57 heavy (non-hydrogen) atoms. The largest absolute Gasteiger partial charge is 0.496 e. The van der Waals surface area contributed by atoms with Crippen molar-refractivity contribution >= 4 is 45.1 Å². The number of aromatic nitrogens is 4. The fourth-order valence-corrected chi connectivity index (χ4v) is 9.52. The molecule has 0 radical (unpaired) electrons. The number of imide groups is 1. The molecule has 5 aromatic rings. The monoisotopic (exact) mass is 774 g/mol. The molecule has 9 rings (SSSR count). The van der Waals surface area contributed by atoms with Gasteiger partial charge in [0.25, 0.3) is 5.56 Å². The van der Waals surface area contributed by atoms with Gasteiger partial charge in [-0.3, -0.25) is 33.7 Å². The molecule has 3 aromatic heterocycles. The van der Waals surface area contributed by atoms with E-state index in [0.29, 0.717) is 23.9 Å². The maximum absolute atomic E-state index is 13.3. The lowest BCUT2D eigenvalue weighted by Crippen LogP contribution is -2.46. The van der Waals surface area contributed by atoms with Crippen molar-refractivity contribution in [3.63, 3.8) is 0 Å². The maximum Gasteiger partial charge on any atom is 0.329 e. The van der Waals surface area contributed by atoms with Gasteiger partial charge in [-0.1, -0.05) is 0 Å². The summed E-state index contributed by atoms with van der Waals surface area (Å²) < 4.78 is 16.8. The number of nitrogens with one attached hydrogen (secondary N) is 1. The van der Waals surface area contributed by atoms with Crippen LogP contribution in [-0.2, 0) is 30.2 Å². The van der Waals surface area contributed by atoms with Crippen LogP contribution in [0.25, 0.3) is 32.9 Å². The molecular formula is C43H50N8O6. The number of pyridine rings is 2. The highest BCUT2D eigenvalue weighted by atomic mass is 16.5. The van der Waals surface area contributed by atoms with Gasteiger partial charge in [0.05, 0.1) is 36.2 Å². The number of rotatable bonds is 8. The predicted molar refractivity (Wildman–Crippen MR) is 219 cm³/mol. The second-order valence-corrected chi connectivity index (χ2v) is 16.4. The molecule has 1 spiro atoms. The number of fused-ring (bicyclic) bond motifs is 2. The van der Waals surface area contributed by atoms with E-state index < -0.39 is 11.9 Å². The molecule has 1 atom stereocenters. The first-order valence-electron chi connectivity index (χ1n) is 20.1. The van der Waals surface area contributed by atoms with Crippen molar-refractivity contribution in [2.45, 2.75) is 57.5 Å². The smallest absolute Gasteiger partial charge is 0.329 e. The fraction of sp³-hybridized carbons (Fsp3) is 0.465. The van der Waals surface area contributed by atoms with Crippen molar-refractivity contribution in [1.29, 1.82) is 0 Å². The summed E-state index contributed by atoms with van der Waals surface area (Å²) >= 11 is 0. The molecule has 1 unspecified atom stereocenters. The van der Waals surface area contributed by atoms with Gasteiger partial charge in [0.15, 0.2) is 0 Å². The molecule has 0 saturated carbocycles. The highest BCUT2D eigenvalue weighted by Gasteiger charge is 2.38. The summed E-state index contributed by atoms with van der Waals surface area (Å²) in [6, 6.07) is 11.6. The van der Waals surface area contributed by atoms with Crippen LogP contribution in [0.1, 0.15) is 56.6 Å². The first kappa shape index (κ1) is 37.0. The molecule has 4 saturated heterocycles. The standard InChI is InChI=1S/C43H50N8O6/c1-46-25-31(29-23-38(50-14-5-15-50)44-24-30(29)41(46)54)27-20-36(56-3)32(37(21-27)57-4)26-48-16-10-43(11-17-48)12-18-49(19-13-43)28-6-7-33-35(22-28)47(2)42(55)51(33)34-8-9-39(52)45-40(34)53/h6-7,20-25,34H,5,8-19,26H2,1-4H3,(H,45,52,53). The van der Waals surface area contributed by atoms with Crippen LogP contribution in [0, 0.1) is 5.41 Å². The zero-order valence-corrected chi connectivity index (χ0v) is 33.2. The van der Waals surface area contributed by atoms with Crippen LogP contribution in [0.15, 0.2) is 58.4 Å². The Morgan fingerprint density at radius 3 is 2.18 bits per heavy atom. The van der Waals surface area contributed by atoms with E-state index in [4.69, 9.17) is 9.47 Å². The minimum absolute atomic E-state index is 0.0747. The van der Waals surface area contributed by atoms with Crippen LogP contribution in [0.3, 0.4) is 0 Å². The number of nitrogens with zero attached hydrogens (tertiary/aromatic N) is 7. The second kappa shape index (κ2) is 14.4. The summed E-state index contributed by atoms with van der Waals surface area (Å²) in [6.45, 7) is 6.48. The molecule has 2 aromatic carbocycles. The van der Waals surface area contributed by atoms with Crippen LogP contribution < -0.4 is 35.8 Å². The van der Waals surface area contributed by atoms with Gasteiger partial charge in [-0.25, -0.2) is 9.78 Å². The van der Waals surface area contributed by atoms with Crippen molar-refractivity contribution in [2.24, 2.45) is 19.5 Å². The molecule has 14 heteroatoms. The van der Waals surface area contributed by atoms with Crippen molar-refractivity contribution in [3.05, 3.63) is 75.2 Å². The number of anilines is 2. The molecular weight excluding hydrogens is 725 g/mol. The number of hydrogen-bond donors (Lipinski definition) is 1. The zero-order chi connectivity index (χ0) is 39.6. The average Bonchev–Trinajstić information content (AvgIpc) is 3.44. The topological polar surface area (TPSA) is 136 Å². The van der Waals surface area contributed by atoms with Gasteiger partial charge < -0.3 is 23.8 Å². The minimum Gasteiger partial charge on any atom is -0.496 e. The van der Waals surface area contributed by atoms with Crippen molar-refractivity contribution in [1.82, 2.24) is 28.9 Å². The molecule has 1 N–H and O–H groups in total. The van der Waals surface area contributed by atoms with E-state index in [2.05, 4.69) is 49.3 Å². The summed E-state index contributed by atoms with van der Waals surface area (Å²) in [5, 5.41) is 3.84. The van der Waals surface area contributed by atoms with Crippen LogP contribution in [-0.4, -0.2) is 88.9 Å². The lowest BCUT2D eigenvalue weighted by molar-refractivity contribution is -0.135. The van der Waals surface area contributed by atoms with Gasteiger partial charge in [0.1, 0.15) is 23.4 Å². The van der Waals surface area contributed by atoms with Crippen LogP contribution in [0.4, 0.5) is 11.5 Å². The number of hydrogen-bond acceptors (Lipinski definition) is 10. The molecule has 2 amide bonds. The molecule has 4 aliphatic heterocycles. The Morgan fingerprint density at radius 2 is 1.53 bits per heavy atom. The van der Waals surface area contributed by atoms with Gasteiger partial charge in [-0.05, 0) is 99.0 Å². The van der Waals surface area contributed by atoms with Gasteiger partial charge in [-0.15, -0.1) is 0 Å². The Balaban J connectivity index is 0.888. The van der Waals surface area contributed by atoms with E-state index in [-0.39, 0.29) is 29.0 Å². The summed E-state index contributed by atoms with van der Waals surface area (Å²) in [6.07, 6.45) is 9.71. The Labute approximate surface area is 330 Å². The highest BCUT2D eigenvalue weighted by molar-refractivity contribution is 6.00. The Hall–Kier alpha value is -5.63. The summed E-state index contributed by atoms with van der Waals surface area (Å²) in [4.78, 5) is 62.6. The van der Waals surface area contributed by atoms with Crippen molar-refractivity contribution in [3.8, 4) is 22.6 Å². The SMILES string of the molecule is COc1cc(-c2cn(C)c(=O)c3cnc(N4CCC4)cc23)cc(OC)c1CN1CCC2(CC1)CCN(c1ccc3c(c1)n(C)c(=O)n3C1CCC(=O)NC1=O)CC2. The number of imidazole rings is 1. The van der Waals surface area contributed by atoms with Crippen molar-refractivity contribution in [2.75, 3.05) is 63.3 Å². The third-order valence-electron chi connectivity index (χ3n) is 13.2. The Bertz CT molecular complexity index is 2510. The first-order valence-corrected chi connectivity index (χ1v) is 20.1. The third-order valence-corrected chi connectivity index (χ3v) is 13.2. The van der Waals surface area contributed by atoms with Gasteiger partial charge in [0, 0.05) is 82.3 Å². The number of likely N-dealkylation sites (tertiary alicyclic amines) is 1. The van der Waals surface area contributed by atoms with Crippen LogP contribution in [0.2, 0.25) is 0 Å². The summed E-state index contributed by atoms with van der Waals surface area (Å²) in [5.74, 6) is 1.70. The van der Waals surface area contributed by atoms with E-state index in [1.54, 1.807) is 43.6 Å². The number of ether oxygens (including phenoxy) is 2. The first-order chi connectivity index (χ1) is 27.6. The number of piperidine rings is 3. The fourth-order valence-electron chi connectivity index (χ4n) is 9.52. The molecule has 4 aliphatic rings. The van der Waals surface area contributed by atoms with E-state index in [1.165, 1.54) is 4.57 Å². The normalized spacial score (nSPS) is 20.0. The number of carbonyl (C=O) groups excluding carboxylic acids is 2. The van der Waals surface area contributed by atoms with E-state index in [9.17, 15) is 19.2 Å². The highest BCUT2D eigenvalue weighted by Crippen LogP contribution is 2.44. The molecule has 0 bridgehead atoms. The number of amides is 2. The number of benzene rings is 2. The van der Waals surface area contributed by atoms with E-state index in [0.717, 1.165) is 122 Å². The summed E-state index contributed by atoms with van der Waals surface area (Å²) in [5.41, 5.74) is 5.39. The lowest BCUT2D eigenvalue weighted by atomic mass is 9.71. The molecule has 14 nitrogen and oxygen atoms in total. The summed E-state index contributed by atoms with van der Waals surface area (Å²) in [7, 11) is 6.93. The van der Waals surface area contributed by atoms with E-state index in [1.807, 2.05) is 18.3 Å². The van der Waals surface area contributed by atoms with E-state index >= 15 is 0 Å².